The molecule has 51 heavy (non-hydrogen) atoms. The first kappa shape index (κ1) is 37.2. The number of carbonyl (C=O) groups is 4. The number of nitrogens with zero attached hydrogens (tertiary/aromatic N) is 3. The maximum absolute atomic E-state index is 13.5. The molecule has 3 aromatic rings. The first-order chi connectivity index (χ1) is 24.5. The van der Waals surface area contributed by atoms with Crippen LogP contribution >= 0.6 is 0 Å². The number of aromatic nitrogens is 1. The van der Waals surface area contributed by atoms with E-state index in [0.29, 0.717) is 49.2 Å². The number of hydrogen-bond acceptors (Lipinski definition) is 11. The topological polar surface area (TPSA) is 156 Å². The smallest absolute Gasteiger partial charge is 0.457 e. The molecule has 14 heteroatoms. The minimum Gasteiger partial charge on any atom is -0.457 e. The van der Waals surface area contributed by atoms with E-state index in [-0.39, 0.29) is 43.5 Å². The molecular weight excluding hydrogens is 675 g/mol. The third kappa shape index (κ3) is 7.97. The van der Waals surface area contributed by atoms with Gasteiger partial charge in [0.05, 0.1) is 34.6 Å². The highest BCUT2D eigenvalue weighted by Crippen LogP contribution is 2.41. The van der Waals surface area contributed by atoms with Gasteiger partial charge < -0.3 is 29.7 Å². The van der Waals surface area contributed by atoms with E-state index in [9.17, 15) is 23.4 Å². The lowest BCUT2D eigenvalue weighted by molar-refractivity contribution is -0.165. The van der Waals surface area contributed by atoms with Gasteiger partial charge in [0.25, 0.3) is 0 Å². The Hall–Kier alpha value is -5.08. The first-order valence-electron chi connectivity index (χ1n) is 16.7. The van der Waals surface area contributed by atoms with E-state index in [2.05, 4.69) is 10.6 Å². The third-order valence-corrected chi connectivity index (χ3v) is 10.4. The molecule has 0 radical (unpaired) electrons. The Morgan fingerprint density at radius 2 is 1.92 bits per heavy atom. The number of pyridine rings is 1. The van der Waals surface area contributed by atoms with Gasteiger partial charge in [-0.15, -0.1) is 0 Å². The number of fused-ring (bicyclic) bond motifs is 2. The van der Waals surface area contributed by atoms with Gasteiger partial charge in [0.1, 0.15) is 19.5 Å². The Balaban J connectivity index is 1.48. The molecule has 2 atom stereocenters. The summed E-state index contributed by atoms with van der Waals surface area (Å²) >= 11 is 0. The first-order valence-corrected chi connectivity index (χ1v) is 18.2. The van der Waals surface area contributed by atoms with Crippen molar-refractivity contribution >= 4 is 58.1 Å². The van der Waals surface area contributed by atoms with Gasteiger partial charge in [-0.25, -0.2) is 23.1 Å². The number of carbonyl (C=O) groups excluding carboxylic acids is 4. The Kier molecular flexibility index (Phi) is 11.9. The molecule has 2 aromatic carbocycles. The van der Waals surface area contributed by atoms with Crippen LogP contribution in [0.2, 0.25) is 0 Å². The van der Waals surface area contributed by atoms with Gasteiger partial charge in [0, 0.05) is 60.2 Å². The number of rotatable bonds is 15. The van der Waals surface area contributed by atoms with Crippen molar-refractivity contribution in [3.8, 4) is 0 Å². The summed E-state index contributed by atoms with van der Waals surface area (Å²) in [5, 5.41) is 6.51. The SMILES string of the molecule is CC[C@@]1(OC(=O)OCc2ccc(NCNC=O)cc2)C(=O)OCC(C=O)=C1/C=C1/c2nc3ccccc3c(CCN(C(C)C)S(C)=O)c2CN1C. The van der Waals surface area contributed by atoms with Crippen molar-refractivity contribution in [3.05, 3.63) is 88.1 Å². The van der Waals surface area contributed by atoms with Gasteiger partial charge in [0.15, 0.2) is 0 Å². The number of benzene rings is 2. The molecule has 2 N–H and O–H groups in total. The molecule has 1 aromatic heterocycles. The van der Waals surface area contributed by atoms with Crippen molar-refractivity contribution in [3.63, 3.8) is 0 Å². The average Bonchev–Trinajstić information content (AvgIpc) is 3.42. The fourth-order valence-corrected chi connectivity index (χ4v) is 7.40. The van der Waals surface area contributed by atoms with Crippen molar-refractivity contribution in [1.82, 2.24) is 19.5 Å². The van der Waals surface area contributed by atoms with Gasteiger partial charge in [-0.05, 0) is 62.1 Å². The van der Waals surface area contributed by atoms with E-state index in [0.717, 1.165) is 27.7 Å². The molecule has 0 aliphatic carbocycles. The summed E-state index contributed by atoms with van der Waals surface area (Å²) in [6.45, 7) is 6.61. The van der Waals surface area contributed by atoms with Crippen LogP contribution in [0.5, 0.6) is 0 Å². The maximum atomic E-state index is 13.5. The zero-order valence-electron chi connectivity index (χ0n) is 29.4. The number of para-hydroxylation sites is 1. The Morgan fingerprint density at radius 3 is 2.59 bits per heavy atom. The van der Waals surface area contributed by atoms with E-state index in [4.69, 9.17) is 19.2 Å². The van der Waals surface area contributed by atoms with Gasteiger partial charge >= 0.3 is 12.1 Å². The quantitative estimate of drug-likeness (QED) is 0.100. The highest BCUT2D eigenvalue weighted by Gasteiger charge is 2.50. The fraction of sp³-hybridized carbons (Fsp3) is 0.378. The second kappa shape index (κ2) is 16.3. The normalized spacial score (nSPS) is 18.5. The summed E-state index contributed by atoms with van der Waals surface area (Å²) in [5.74, 6) is -0.812. The third-order valence-electron chi connectivity index (χ3n) is 9.09. The van der Waals surface area contributed by atoms with Crippen LogP contribution in [-0.4, -0.2) is 88.0 Å². The second-order valence-corrected chi connectivity index (χ2v) is 13.9. The van der Waals surface area contributed by atoms with Crippen LogP contribution in [-0.2, 0) is 59.2 Å². The highest BCUT2D eigenvalue weighted by atomic mass is 32.2. The van der Waals surface area contributed by atoms with E-state index in [1.165, 1.54) is 0 Å². The zero-order valence-corrected chi connectivity index (χ0v) is 30.2. The lowest BCUT2D eigenvalue weighted by atomic mass is 9.84. The number of amides is 1. The Morgan fingerprint density at radius 1 is 1.18 bits per heavy atom. The van der Waals surface area contributed by atoms with Crippen LogP contribution in [0.3, 0.4) is 0 Å². The van der Waals surface area contributed by atoms with Crippen LogP contribution < -0.4 is 10.6 Å². The van der Waals surface area contributed by atoms with Gasteiger partial charge in [-0.2, -0.15) is 0 Å². The van der Waals surface area contributed by atoms with Crippen LogP contribution in [0.25, 0.3) is 16.6 Å². The van der Waals surface area contributed by atoms with Crippen LogP contribution in [0, 0.1) is 0 Å². The fourth-order valence-electron chi connectivity index (χ4n) is 6.46. The molecule has 270 valence electrons. The molecule has 2 aliphatic heterocycles. The monoisotopic (exact) mass is 717 g/mol. The number of aldehydes is 1. The summed E-state index contributed by atoms with van der Waals surface area (Å²) in [4.78, 5) is 56.7. The predicted octanol–water partition coefficient (Wildman–Crippen LogP) is 4.24. The molecule has 0 spiro atoms. The van der Waals surface area contributed by atoms with Gasteiger partial charge in [0.2, 0.25) is 12.0 Å². The molecule has 0 saturated heterocycles. The standard InChI is InChI=1S/C37H43N5O8S/c1-6-37(50-36(46)49-20-25-11-13-27(14-12-25)39-22-38-23-44)31(26(19-43)21-48-35(37)45)17-33-34-30(18-41(33)4)28(15-16-42(24(2)3)51(5)47)29-9-7-8-10-32(29)40-34/h7-14,17,19,23-24,39H,6,15-16,18,20-22H2,1-5H3,(H,38,44)/b33-17-/t37-,51?/m0/s1. The molecule has 0 saturated carbocycles. The highest BCUT2D eigenvalue weighted by molar-refractivity contribution is 7.81. The number of ether oxygens (including phenoxy) is 3. The summed E-state index contributed by atoms with van der Waals surface area (Å²) in [7, 11) is 0.747. The Bertz CT molecular complexity index is 1890. The van der Waals surface area contributed by atoms with Crippen molar-refractivity contribution in [2.75, 3.05) is 38.4 Å². The maximum Gasteiger partial charge on any atom is 0.510 e. The molecule has 5 rings (SSSR count). The lowest BCUT2D eigenvalue weighted by Crippen LogP contribution is -2.49. The summed E-state index contributed by atoms with van der Waals surface area (Å²) in [5.41, 5.74) is 3.98. The molecule has 1 amide bonds. The van der Waals surface area contributed by atoms with Gasteiger partial charge in [-0.3, -0.25) is 9.59 Å². The number of hydrogen-bond donors (Lipinski definition) is 2. The number of nitrogens with one attached hydrogen (secondary N) is 2. The van der Waals surface area contributed by atoms with Crippen LogP contribution in [0.15, 0.2) is 65.8 Å². The molecule has 2 aliphatic rings. The van der Waals surface area contributed by atoms with E-state index >= 15 is 0 Å². The zero-order chi connectivity index (χ0) is 36.7. The van der Waals surface area contributed by atoms with Crippen molar-refractivity contribution in [1.29, 1.82) is 0 Å². The molecule has 3 heterocycles. The molecule has 0 fully saturated rings. The molecule has 0 bridgehead atoms. The summed E-state index contributed by atoms with van der Waals surface area (Å²) < 4.78 is 31.1. The molecule has 13 nitrogen and oxygen atoms in total. The van der Waals surface area contributed by atoms with Crippen LogP contribution in [0.4, 0.5) is 10.5 Å². The summed E-state index contributed by atoms with van der Waals surface area (Å²) in [6.07, 6.45) is 4.07. The van der Waals surface area contributed by atoms with Crippen molar-refractivity contribution in [2.24, 2.45) is 0 Å². The van der Waals surface area contributed by atoms with Crippen molar-refractivity contribution < 1.29 is 37.6 Å². The minimum absolute atomic E-state index is 0.0290. The molecule has 1 unspecified atom stereocenters. The van der Waals surface area contributed by atoms with Crippen LogP contribution in [0.1, 0.15) is 49.6 Å². The minimum atomic E-state index is -1.95. The molecular formula is C37H43N5O8S. The van der Waals surface area contributed by atoms with E-state index in [1.807, 2.05) is 54.4 Å². The summed E-state index contributed by atoms with van der Waals surface area (Å²) in [6, 6.07) is 14.9. The van der Waals surface area contributed by atoms with Gasteiger partial charge in [-0.1, -0.05) is 37.3 Å². The van der Waals surface area contributed by atoms with Crippen molar-refractivity contribution in [2.45, 2.75) is 58.4 Å². The van der Waals surface area contributed by atoms with E-state index < -0.39 is 28.7 Å². The average molecular weight is 718 g/mol. The largest absolute Gasteiger partial charge is 0.510 e. The predicted molar refractivity (Wildman–Crippen MR) is 193 cm³/mol. The lowest BCUT2D eigenvalue weighted by Gasteiger charge is -2.35. The number of esters is 1. The van der Waals surface area contributed by atoms with E-state index in [1.54, 1.807) is 43.5 Å². The second-order valence-electron chi connectivity index (χ2n) is 12.6. The Labute approximate surface area is 299 Å². The number of anilines is 1. The number of cyclic esters (lactones) is 1.